The molecule has 16 heavy (non-hydrogen) atoms. The van der Waals surface area contributed by atoms with Crippen molar-refractivity contribution in [3.05, 3.63) is 17.7 Å². The van der Waals surface area contributed by atoms with E-state index in [4.69, 9.17) is 0 Å². The van der Waals surface area contributed by atoms with E-state index in [1.165, 1.54) is 31.6 Å². The summed E-state index contributed by atoms with van der Waals surface area (Å²) in [5.74, 6) is 0. The molecule has 2 rings (SSSR count). The summed E-state index contributed by atoms with van der Waals surface area (Å²) in [6.07, 6.45) is 4.49. The first-order chi connectivity index (χ1) is 7.75. The first-order valence-electron chi connectivity index (χ1n) is 6.20. The largest absolute Gasteiger partial charge is 0.348 e. The molecule has 1 fully saturated rings. The molecule has 1 saturated heterocycles. The molecule has 0 radical (unpaired) electrons. The van der Waals surface area contributed by atoms with Crippen LogP contribution in [0.5, 0.6) is 0 Å². The fraction of sp³-hybridized carbons (Fsp3) is 0.750. The third-order valence-electron chi connectivity index (χ3n) is 3.28. The van der Waals surface area contributed by atoms with Crippen LogP contribution < -0.4 is 5.32 Å². The maximum absolute atomic E-state index is 4.29. The van der Waals surface area contributed by atoms with Crippen LogP contribution in [0.15, 0.2) is 6.33 Å². The molecular weight excluding hydrogens is 200 g/mol. The Kier molecular flexibility index (Phi) is 3.96. The van der Waals surface area contributed by atoms with Crippen LogP contribution in [0.3, 0.4) is 0 Å². The maximum atomic E-state index is 4.29. The summed E-state index contributed by atoms with van der Waals surface area (Å²) in [4.78, 5) is 9.93. The number of hydrogen-bond acceptors (Lipinski definition) is 3. The van der Waals surface area contributed by atoms with Crippen LogP contribution in [0.1, 0.15) is 31.2 Å². The van der Waals surface area contributed by atoms with Gasteiger partial charge in [0.2, 0.25) is 0 Å². The van der Waals surface area contributed by atoms with E-state index in [1.54, 1.807) is 6.33 Å². The minimum absolute atomic E-state index is 0.536. The number of nitrogens with zero attached hydrogens (tertiary/aromatic N) is 2. The average Bonchev–Trinajstić information content (AvgIpc) is 2.87. The summed E-state index contributed by atoms with van der Waals surface area (Å²) in [7, 11) is 0. The lowest BCUT2D eigenvalue weighted by atomic mass is 10.3. The molecule has 1 unspecified atom stereocenters. The first kappa shape index (κ1) is 11.6. The number of nitrogens with one attached hydrogen (secondary N) is 2. The van der Waals surface area contributed by atoms with Crippen LogP contribution in [0.25, 0.3) is 0 Å². The molecule has 1 atom stereocenters. The van der Waals surface area contributed by atoms with E-state index < -0.39 is 0 Å². The smallest absolute Gasteiger partial charge is 0.0925 e. The Balaban J connectivity index is 1.71. The van der Waals surface area contributed by atoms with Gasteiger partial charge < -0.3 is 15.2 Å². The van der Waals surface area contributed by atoms with Crippen molar-refractivity contribution in [1.82, 2.24) is 20.2 Å². The van der Waals surface area contributed by atoms with Gasteiger partial charge in [-0.05, 0) is 39.8 Å². The molecule has 0 amide bonds. The lowest BCUT2D eigenvalue weighted by Crippen LogP contribution is -2.37. The Morgan fingerprint density at radius 2 is 2.25 bits per heavy atom. The highest BCUT2D eigenvalue weighted by atomic mass is 15.2. The number of aromatic amines is 1. The van der Waals surface area contributed by atoms with Gasteiger partial charge in [0.1, 0.15) is 0 Å². The van der Waals surface area contributed by atoms with E-state index in [0.717, 1.165) is 18.8 Å². The summed E-state index contributed by atoms with van der Waals surface area (Å²) in [5.41, 5.74) is 2.30. The number of likely N-dealkylation sites (tertiary alicyclic amines) is 1. The molecule has 4 heteroatoms. The van der Waals surface area contributed by atoms with Crippen LogP contribution >= 0.6 is 0 Å². The monoisotopic (exact) mass is 222 g/mol. The second-order valence-electron chi connectivity index (χ2n) is 4.76. The van der Waals surface area contributed by atoms with E-state index in [2.05, 4.69) is 34.0 Å². The van der Waals surface area contributed by atoms with E-state index in [-0.39, 0.29) is 0 Å². The zero-order chi connectivity index (χ0) is 11.4. The fourth-order valence-corrected chi connectivity index (χ4v) is 2.25. The van der Waals surface area contributed by atoms with E-state index >= 15 is 0 Å². The van der Waals surface area contributed by atoms with Crippen molar-refractivity contribution < 1.29 is 0 Å². The molecule has 0 bridgehead atoms. The van der Waals surface area contributed by atoms with Crippen molar-refractivity contribution in [3.63, 3.8) is 0 Å². The number of H-pyrrole nitrogens is 1. The van der Waals surface area contributed by atoms with Gasteiger partial charge in [0.05, 0.1) is 12.0 Å². The van der Waals surface area contributed by atoms with Gasteiger partial charge in [-0.25, -0.2) is 4.98 Å². The minimum Gasteiger partial charge on any atom is -0.348 e. The van der Waals surface area contributed by atoms with Crippen molar-refractivity contribution in [3.8, 4) is 0 Å². The molecular formula is C12H22N4. The van der Waals surface area contributed by atoms with Gasteiger partial charge in [0.25, 0.3) is 0 Å². The molecule has 2 heterocycles. The Hall–Kier alpha value is -0.870. The molecule has 1 aromatic heterocycles. The molecule has 1 aromatic rings. The predicted octanol–water partition coefficient (Wildman–Crippen LogP) is 1.29. The van der Waals surface area contributed by atoms with Crippen molar-refractivity contribution in [1.29, 1.82) is 0 Å². The zero-order valence-electron chi connectivity index (χ0n) is 10.3. The molecule has 0 aliphatic carbocycles. The maximum Gasteiger partial charge on any atom is 0.0925 e. The average molecular weight is 222 g/mol. The highest BCUT2D eigenvalue weighted by Crippen LogP contribution is 2.08. The molecule has 2 N–H and O–H groups in total. The Labute approximate surface area is 97.4 Å². The summed E-state index contributed by atoms with van der Waals surface area (Å²) >= 11 is 0. The van der Waals surface area contributed by atoms with Gasteiger partial charge in [-0.15, -0.1) is 0 Å². The van der Waals surface area contributed by atoms with Crippen LogP contribution in [0, 0.1) is 6.92 Å². The molecule has 1 aliphatic heterocycles. The van der Waals surface area contributed by atoms with E-state index in [0.29, 0.717) is 6.04 Å². The SMILES string of the molecule is Cc1[nH]cnc1CNC(C)CN1CCCC1. The summed E-state index contributed by atoms with van der Waals surface area (Å²) in [5, 5.41) is 3.53. The van der Waals surface area contributed by atoms with Crippen LogP contribution in [0.4, 0.5) is 0 Å². The molecule has 90 valence electrons. The van der Waals surface area contributed by atoms with Crippen molar-refractivity contribution >= 4 is 0 Å². The zero-order valence-corrected chi connectivity index (χ0v) is 10.3. The van der Waals surface area contributed by atoms with Crippen LogP contribution in [-0.4, -0.2) is 40.5 Å². The van der Waals surface area contributed by atoms with Crippen molar-refractivity contribution in [2.45, 2.75) is 39.3 Å². The summed E-state index contributed by atoms with van der Waals surface area (Å²) in [6.45, 7) is 8.88. The van der Waals surface area contributed by atoms with Crippen molar-refractivity contribution in [2.75, 3.05) is 19.6 Å². The standard InChI is InChI=1S/C12H22N4/c1-10(8-16-5-3-4-6-16)13-7-12-11(2)14-9-15-12/h9-10,13H,3-8H2,1-2H3,(H,14,15). The normalized spacial score (nSPS) is 19.1. The second kappa shape index (κ2) is 5.46. The number of aryl methyl sites for hydroxylation is 1. The van der Waals surface area contributed by atoms with Gasteiger partial charge in [-0.1, -0.05) is 0 Å². The van der Waals surface area contributed by atoms with Crippen LogP contribution in [0.2, 0.25) is 0 Å². The highest BCUT2D eigenvalue weighted by Gasteiger charge is 2.14. The number of aromatic nitrogens is 2. The Bertz CT molecular complexity index is 315. The lowest BCUT2D eigenvalue weighted by molar-refractivity contribution is 0.298. The van der Waals surface area contributed by atoms with Gasteiger partial charge >= 0.3 is 0 Å². The number of rotatable bonds is 5. The predicted molar refractivity (Wildman–Crippen MR) is 65.3 cm³/mol. The van der Waals surface area contributed by atoms with Gasteiger partial charge in [0, 0.05) is 24.8 Å². The van der Waals surface area contributed by atoms with E-state index in [1.807, 2.05) is 0 Å². The molecule has 0 aromatic carbocycles. The van der Waals surface area contributed by atoms with Gasteiger partial charge in [-0.2, -0.15) is 0 Å². The topological polar surface area (TPSA) is 44.0 Å². The van der Waals surface area contributed by atoms with Gasteiger partial charge in [0.15, 0.2) is 0 Å². The minimum atomic E-state index is 0.536. The molecule has 0 spiro atoms. The molecule has 1 aliphatic rings. The quantitative estimate of drug-likeness (QED) is 0.789. The third kappa shape index (κ3) is 3.06. The number of imidazole rings is 1. The Morgan fingerprint density at radius 1 is 1.50 bits per heavy atom. The second-order valence-corrected chi connectivity index (χ2v) is 4.76. The van der Waals surface area contributed by atoms with E-state index in [9.17, 15) is 0 Å². The van der Waals surface area contributed by atoms with Crippen LogP contribution in [-0.2, 0) is 6.54 Å². The third-order valence-corrected chi connectivity index (χ3v) is 3.28. The molecule has 4 nitrogen and oxygen atoms in total. The highest BCUT2D eigenvalue weighted by molar-refractivity contribution is 5.08. The summed E-state index contributed by atoms with van der Waals surface area (Å²) < 4.78 is 0. The van der Waals surface area contributed by atoms with Crippen molar-refractivity contribution in [2.24, 2.45) is 0 Å². The lowest BCUT2D eigenvalue weighted by Gasteiger charge is -2.20. The summed E-state index contributed by atoms with van der Waals surface area (Å²) in [6, 6.07) is 0.536. The Morgan fingerprint density at radius 3 is 2.88 bits per heavy atom. The van der Waals surface area contributed by atoms with Gasteiger partial charge in [-0.3, -0.25) is 0 Å². The number of hydrogen-bond donors (Lipinski definition) is 2. The molecule has 0 saturated carbocycles. The fourth-order valence-electron chi connectivity index (χ4n) is 2.25. The first-order valence-corrected chi connectivity index (χ1v) is 6.20.